The molecule has 7 nitrogen and oxygen atoms in total. The Labute approximate surface area is 168 Å². The normalized spacial score (nSPS) is 12.0. The summed E-state index contributed by atoms with van der Waals surface area (Å²) in [6, 6.07) is 9.59. The molecule has 0 bridgehead atoms. The van der Waals surface area contributed by atoms with Crippen LogP contribution in [0.3, 0.4) is 0 Å². The van der Waals surface area contributed by atoms with Crippen molar-refractivity contribution in [2.75, 3.05) is 6.61 Å². The number of hydrogen-bond acceptors (Lipinski definition) is 5. The van der Waals surface area contributed by atoms with Gasteiger partial charge in [0, 0.05) is 23.6 Å². The molecule has 0 aliphatic carbocycles. The highest BCUT2D eigenvalue weighted by atomic mass is 19.1. The molecule has 0 aliphatic heterocycles. The number of rotatable bonds is 7. The van der Waals surface area contributed by atoms with E-state index in [1.54, 1.807) is 35.9 Å². The van der Waals surface area contributed by atoms with E-state index in [2.05, 4.69) is 20.8 Å². The number of benzene rings is 2. The highest BCUT2D eigenvalue weighted by Gasteiger charge is 2.17. The fourth-order valence-electron chi connectivity index (χ4n) is 3.01. The topological polar surface area (TPSA) is 92.9 Å². The summed E-state index contributed by atoms with van der Waals surface area (Å²) in [4.78, 5) is 12.7. The zero-order valence-electron chi connectivity index (χ0n) is 16.7. The van der Waals surface area contributed by atoms with E-state index in [-0.39, 0.29) is 18.3 Å². The summed E-state index contributed by atoms with van der Waals surface area (Å²) in [6.07, 6.45) is 1.52. The van der Waals surface area contributed by atoms with Crippen molar-refractivity contribution in [3.63, 3.8) is 0 Å². The van der Waals surface area contributed by atoms with Gasteiger partial charge in [-0.15, -0.1) is 5.10 Å². The van der Waals surface area contributed by atoms with Gasteiger partial charge >= 0.3 is 0 Å². The van der Waals surface area contributed by atoms with Crippen LogP contribution in [0.1, 0.15) is 42.0 Å². The molecule has 0 saturated heterocycles. The zero-order valence-corrected chi connectivity index (χ0v) is 16.7. The number of nitrogens with zero attached hydrogens (tertiary/aromatic N) is 4. The van der Waals surface area contributed by atoms with Gasteiger partial charge in [0.25, 0.3) is 5.91 Å². The minimum Gasteiger partial charge on any atom is -0.394 e. The average molecular weight is 397 g/mol. The first-order valence-corrected chi connectivity index (χ1v) is 9.54. The maximum Gasteiger partial charge on any atom is 0.251 e. The van der Waals surface area contributed by atoms with E-state index in [0.29, 0.717) is 34.6 Å². The molecule has 3 rings (SSSR count). The van der Waals surface area contributed by atoms with Gasteiger partial charge < -0.3 is 10.4 Å². The second-order valence-corrected chi connectivity index (χ2v) is 7.07. The Morgan fingerprint density at radius 3 is 2.76 bits per heavy atom. The number of aliphatic hydroxyl groups is 1. The van der Waals surface area contributed by atoms with Crippen molar-refractivity contribution >= 4 is 5.91 Å². The van der Waals surface area contributed by atoms with Gasteiger partial charge in [0.1, 0.15) is 5.82 Å². The Balaban J connectivity index is 2.14. The number of aryl methyl sites for hydroxylation is 2. The standard InChI is InChI=1S/C21H24FN5O2/c1-4-5-20-24-25-26-27(20)17-10-15(18-7-6-13(2)8-19(18)22)9-16(11-17)21(29)23-14(3)12-28/h6-11,14,28H,4-5,12H2,1-3H3,(H,23,29). The summed E-state index contributed by atoms with van der Waals surface area (Å²) in [6.45, 7) is 5.35. The number of amides is 1. The van der Waals surface area contributed by atoms with Crippen LogP contribution in [0.15, 0.2) is 36.4 Å². The molecule has 1 atom stereocenters. The van der Waals surface area contributed by atoms with E-state index in [1.807, 2.05) is 19.9 Å². The predicted molar refractivity (Wildman–Crippen MR) is 107 cm³/mol. The van der Waals surface area contributed by atoms with Crippen molar-refractivity contribution in [3.8, 4) is 16.8 Å². The van der Waals surface area contributed by atoms with Gasteiger partial charge in [-0.25, -0.2) is 4.39 Å². The lowest BCUT2D eigenvalue weighted by Gasteiger charge is -2.14. The third-order valence-electron chi connectivity index (χ3n) is 4.52. The number of hydrogen-bond donors (Lipinski definition) is 2. The maximum atomic E-state index is 14.6. The van der Waals surface area contributed by atoms with Crippen LogP contribution in [0, 0.1) is 12.7 Å². The van der Waals surface area contributed by atoms with Crippen LogP contribution in [0.4, 0.5) is 4.39 Å². The van der Waals surface area contributed by atoms with Crippen molar-refractivity contribution in [1.29, 1.82) is 0 Å². The third kappa shape index (κ3) is 4.65. The molecule has 1 amide bonds. The largest absolute Gasteiger partial charge is 0.394 e. The van der Waals surface area contributed by atoms with E-state index in [4.69, 9.17) is 0 Å². The molecular formula is C21H24FN5O2. The molecule has 0 spiro atoms. The molecule has 0 fully saturated rings. The molecule has 0 saturated carbocycles. The molecule has 0 aliphatic rings. The summed E-state index contributed by atoms with van der Waals surface area (Å²) >= 11 is 0. The van der Waals surface area contributed by atoms with Gasteiger partial charge in [0.2, 0.25) is 0 Å². The van der Waals surface area contributed by atoms with Crippen LogP contribution in [-0.2, 0) is 6.42 Å². The third-order valence-corrected chi connectivity index (χ3v) is 4.52. The Morgan fingerprint density at radius 1 is 1.28 bits per heavy atom. The summed E-state index contributed by atoms with van der Waals surface area (Å²) < 4.78 is 16.2. The van der Waals surface area contributed by atoms with E-state index in [0.717, 1.165) is 12.0 Å². The first-order chi connectivity index (χ1) is 13.9. The Kier molecular flexibility index (Phi) is 6.33. The molecule has 2 N–H and O–H groups in total. The van der Waals surface area contributed by atoms with E-state index in [9.17, 15) is 14.3 Å². The fraction of sp³-hybridized carbons (Fsp3) is 0.333. The summed E-state index contributed by atoms with van der Waals surface area (Å²) in [5, 5.41) is 23.8. The average Bonchev–Trinajstić information content (AvgIpc) is 3.16. The minimum absolute atomic E-state index is 0.182. The monoisotopic (exact) mass is 397 g/mol. The van der Waals surface area contributed by atoms with Crippen LogP contribution in [-0.4, -0.2) is 43.9 Å². The summed E-state index contributed by atoms with van der Waals surface area (Å²) in [7, 11) is 0. The van der Waals surface area contributed by atoms with Crippen molar-refractivity contribution in [3.05, 3.63) is 59.2 Å². The molecule has 1 aromatic heterocycles. The number of carbonyl (C=O) groups is 1. The molecule has 1 unspecified atom stereocenters. The van der Waals surface area contributed by atoms with E-state index in [1.165, 1.54) is 6.07 Å². The molecule has 152 valence electrons. The van der Waals surface area contributed by atoms with E-state index < -0.39 is 6.04 Å². The van der Waals surface area contributed by atoms with Gasteiger partial charge in [0.15, 0.2) is 5.82 Å². The first kappa shape index (κ1) is 20.6. The number of halogens is 1. The Morgan fingerprint density at radius 2 is 2.07 bits per heavy atom. The van der Waals surface area contributed by atoms with Crippen molar-refractivity contribution < 1.29 is 14.3 Å². The second kappa shape index (κ2) is 8.91. The smallest absolute Gasteiger partial charge is 0.251 e. The summed E-state index contributed by atoms with van der Waals surface area (Å²) in [5.41, 5.74) is 2.63. The predicted octanol–water partition coefficient (Wildman–Crippen LogP) is 2.84. The number of aromatic nitrogens is 4. The van der Waals surface area contributed by atoms with Gasteiger partial charge in [-0.2, -0.15) is 4.68 Å². The van der Waals surface area contributed by atoms with Crippen LogP contribution >= 0.6 is 0 Å². The lowest BCUT2D eigenvalue weighted by atomic mass is 9.99. The van der Waals surface area contributed by atoms with Gasteiger partial charge in [-0.1, -0.05) is 19.1 Å². The Hall–Kier alpha value is -3.13. The van der Waals surface area contributed by atoms with Crippen molar-refractivity contribution in [1.82, 2.24) is 25.5 Å². The van der Waals surface area contributed by atoms with Crippen molar-refractivity contribution in [2.24, 2.45) is 0 Å². The molecule has 2 aromatic carbocycles. The molecule has 3 aromatic rings. The van der Waals surface area contributed by atoms with Gasteiger partial charge in [-0.05, 0) is 66.1 Å². The fourth-order valence-corrected chi connectivity index (χ4v) is 3.01. The lowest BCUT2D eigenvalue weighted by molar-refractivity contribution is 0.0922. The lowest BCUT2D eigenvalue weighted by Crippen LogP contribution is -2.35. The van der Waals surface area contributed by atoms with E-state index >= 15 is 0 Å². The number of aliphatic hydroxyl groups excluding tert-OH is 1. The zero-order chi connectivity index (χ0) is 21.0. The van der Waals surface area contributed by atoms with Gasteiger partial charge in [0.05, 0.1) is 12.3 Å². The van der Waals surface area contributed by atoms with Crippen LogP contribution in [0.2, 0.25) is 0 Å². The van der Waals surface area contributed by atoms with Crippen LogP contribution in [0.25, 0.3) is 16.8 Å². The van der Waals surface area contributed by atoms with Crippen molar-refractivity contribution in [2.45, 2.75) is 39.7 Å². The summed E-state index contributed by atoms with van der Waals surface area (Å²) in [5.74, 6) is -0.0841. The SMILES string of the molecule is CCCc1nnnn1-c1cc(C(=O)NC(C)CO)cc(-c2ccc(C)cc2F)c1. The highest BCUT2D eigenvalue weighted by Crippen LogP contribution is 2.27. The molecule has 8 heteroatoms. The number of tetrazole rings is 1. The van der Waals surface area contributed by atoms with Crippen LogP contribution < -0.4 is 5.32 Å². The quantitative estimate of drug-likeness (QED) is 0.640. The molecule has 0 radical (unpaired) electrons. The molecule has 29 heavy (non-hydrogen) atoms. The molecule has 1 heterocycles. The molecular weight excluding hydrogens is 373 g/mol. The Bertz CT molecular complexity index is 1020. The highest BCUT2D eigenvalue weighted by molar-refractivity contribution is 5.96. The minimum atomic E-state index is -0.408. The maximum absolute atomic E-state index is 14.6. The second-order valence-electron chi connectivity index (χ2n) is 7.07. The number of nitrogens with one attached hydrogen (secondary N) is 1. The van der Waals surface area contributed by atoms with Crippen LogP contribution in [0.5, 0.6) is 0 Å². The number of carbonyl (C=O) groups excluding carboxylic acids is 1. The first-order valence-electron chi connectivity index (χ1n) is 9.54. The van der Waals surface area contributed by atoms with Gasteiger partial charge in [-0.3, -0.25) is 4.79 Å².